The summed E-state index contributed by atoms with van der Waals surface area (Å²) in [4.78, 5) is 26.5. The highest BCUT2D eigenvalue weighted by Gasteiger charge is 2.24. The number of ether oxygens (including phenoxy) is 1. The summed E-state index contributed by atoms with van der Waals surface area (Å²) in [6, 6.07) is 7.98. The van der Waals surface area contributed by atoms with E-state index in [1.54, 1.807) is 0 Å². The molecule has 2 atom stereocenters. The van der Waals surface area contributed by atoms with Gasteiger partial charge in [-0.05, 0) is 44.0 Å². The van der Waals surface area contributed by atoms with Crippen molar-refractivity contribution < 1.29 is 14.3 Å². The Kier molecular flexibility index (Phi) is 6.04. The van der Waals surface area contributed by atoms with E-state index in [2.05, 4.69) is 17.6 Å². The molecule has 2 N–H and O–H groups in total. The van der Waals surface area contributed by atoms with Crippen molar-refractivity contribution >= 4 is 17.5 Å². The first kappa shape index (κ1) is 17.9. The number of anilines is 1. The molecule has 0 spiro atoms. The van der Waals surface area contributed by atoms with Crippen LogP contribution in [-0.4, -0.2) is 55.6 Å². The van der Waals surface area contributed by atoms with Crippen LogP contribution in [-0.2, 0) is 20.7 Å². The molecule has 1 aromatic rings. The van der Waals surface area contributed by atoms with Crippen molar-refractivity contribution in [2.45, 2.75) is 32.2 Å². The largest absolute Gasteiger partial charge is 0.378 e. The molecule has 0 aromatic heterocycles. The summed E-state index contributed by atoms with van der Waals surface area (Å²) in [5.41, 5.74) is 1.75. The second kappa shape index (κ2) is 8.45. The highest BCUT2D eigenvalue weighted by molar-refractivity contribution is 5.92. The van der Waals surface area contributed by atoms with Gasteiger partial charge in [-0.15, -0.1) is 0 Å². The quantitative estimate of drug-likeness (QED) is 0.866. The second-order valence-electron chi connectivity index (χ2n) is 6.93. The molecule has 3 rings (SSSR count). The van der Waals surface area contributed by atoms with Crippen molar-refractivity contribution in [1.82, 2.24) is 10.2 Å². The van der Waals surface area contributed by atoms with Gasteiger partial charge in [0.05, 0.1) is 19.6 Å². The predicted octanol–water partition coefficient (Wildman–Crippen LogP) is 1.41. The van der Waals surface area contributed by atoms with E-state index in [9.17, 15) is 9.59 Å². The van der Waals surface area contributed by atoms with E-state index in [-0.39, 0.29) is 17.7 Å². The van der Waals surface area contributed by atoms with Crippen molar-refractivity contribution in [1.29, 1.82) is 0 Å². The molecular formula is C19H27N3O3. The van der Waals surface area contributed by atoms with Crippen LogP contribution >= 0.6 is 0 Å². The summed E-state index contributed by atoms with van der Waals surface area (Å²) in [6.07, 6.45) is 2.14. The van der Waals surface area contributed by atoms with Crippen molar-refractivity contribution in [3.8, 4) is 0 Å². The maximum Gasteiger partial charge on any atom is 0.227 e. The Bertz CT molecular complexity index is 596. The molecule has 6 heteroatoms. The Labute approximate surface area is 148 Å². The maximum absolute atomic E-state index is 12.4. The third-order valence-electron chi connectivity index (χ3n) is 4.94. The predicted molar refractivity (Wildman–Crippen MR) is 96.4 cm³/mol. The number of hydrogen-bond donors (Lipinski definition) is 2. The Morgan fingerprint density at radius 2 is 1.96 bits per heavy atom. The zero-order valence-electron chi connectivity index (χ0n) is 14.8. The van der Waals surface area contributed by atoms with Gasteiger partial charge < -0.3 is 20.3 Å². The zero-order valence-corrected chi connectivity index (χ0v) is 14.8. The Morgan fingerprint density at radius 3 is 2.64 bits per heavy atom. The number of carbonyl (C=O) groups is 2. The molecule has 136 valence electrons. The van der Waals surface area contributed by atoms with E-state index < -0.39 is 0 Å². The summed E-state index contributed by atoms with van der Waals surface area (Å²) >= 11 is 0. The van der Waals surface area contributed by atoms with Crippen LogP contribution in [0.15, 0.2) is 24.3 Å². The van der Waals surface area contributed by atoms with Gasteiger partial charge in [0, 0.05) is 30.7 Å². The third kappa shape index (κ3) is 5.03. The topological polar surface area (TPSA) is 70.7 Å². The first-order chi connectivity index (χ1) is 12.1. The van der Waals surface area contributed by atoms with Crippen LogP contribution in [0.4, 0.5) is 5.69 Å². The molecule has 0 saturated carbocycles. The van der Waals surface area contributed by atoms with Gasteiger partial charge in [-0.2, -0.15) is 0 Å². The smallest absolute Gasteiger partial charge is 0.227 e. The van der Waals surface area contributed by atoms with Crippen molar-refractivity contribution in [3.63, 3.8) is 0 Å². The van der Waals surface area contributed by atoms with E-state index in [0.717, 1.165) is 30.6 Å². The van der Waals surface area contributed by atoms with Gasteiger partial charge in [-0.3, -0.25) is 9.59 Å². The van der Waals surface area contributed by atoms with Crippen LogP contribution in [0.3, 0.4) is 0 Å². The molecule has 25 heavy (non-hydrogen) atoms. The molecule has 0 aliphatic carbocycles. The van der Waals surface area contributed by atoms with E-state index in [0.29, 0.717) is 38.8 Å². The maximum atomic E-state index is 12.4. The van der Waals surface area contributed by atoms with E-state index in [4.69, 9.17) is 4.74 Å². The lowest BCUT2D eigenvalue weighted by Gasteiger charge is -2.27. The minimum absolute atomic E-state index is 0.0684. The molecule has 2 fully saturated rings. The van der Waals surface area contributed by atoms with Crippen LogP contribution in [0.2, 0.25) is 0 Å². The zero-order chi connectivity index (χ0) is 17.6. The summed E-state index contributed by atoms with van der Waals surface area (Å²) in [5, 5.41) is 6.36. The Hall–Kier alpha value is -1.92. The van der Waals surface area contributed by atoms with Crippen molar-refractivity contribution in [2.24, 2.45) is 5.92 Å². The number of nitrogens with zero attached hydrogens (tertiary/aromatic N) is 1. The summed E-state index contributed by atoms with van der Waals surface area (Å²) in [6.45, 7) is 5.57. The average Bonchev–Trinajstić information content (AvgIpc) is 2.64. The van der Waals surface area contributed by atoms with Crippen molar-refractivity contribution in [3.05, 3.63) is 29.8 Å². The van der Waals surface area contributed by atoms with Gasteiger partial charge >= 0.3 is 0 Å². The number of morpholine rings is 1. The van der Waals surface area contributed by atoms with Crippen LogP contribution in [0.25, 0.3) is 0 Å². The standard InChI is InChI=1S/C19H27N3O3/c1-14-12-16(6-7-20-14)19(24)21-17-4-2-15(3-5-17)13-18(23)22-8-10-25-11-9-22/h2-5,14,16,20H,6-13H2,1H3,(H,21,24)/t14-,16-/m0/s1. The molecule has 2 aliphatic rings. The van der Waals surface area contributed by atoms with E-state index in [1.807, 2.05) is 29.2 Å². The number of benzene rings is 1. The van der Waals surface area contributed by atoms with Gasteiger partial charge in [-0.25, -0.2) is 0 Å². The number of hydrogen-bond acceptors (Lipinski definition) is 4. The fourth-order valence-corrected chi connectivity index (χ4v) is 3.42. The molecule has 1 aromatic carbocycles. The van der Waals surface area contributed by atoms with E-state index in [1.165, 1.54) is 0 Å². The minimum atomic E-state index is 0.0684. The fraction of sp³-hybridized carbons (Fsp3) is 0.579. The van der Waals surface area contributed by atoms with Gasteiger partial charge in [0.25, 0.3) is 0 Å². The summed E-state index contributed by atoms with van der Waals surface area (Å²) in [7, 11) is 0. The number of amides is 2. The van der Waals surface area contributed by atoms with Gasteiger partial charge in [0.2, 0.25) is 11.8 Å². The minimum Gasteiger partial charge on any atom is -0.378 e. The van der Waals surface area contributed by atoms with Gasteiger partial charge in [-0.1, -0.05) is 12.1 Å². The Balaban J connectivity index is 1.51. The van der Waals surface area contributed by atoms with Gasteiger partial charge in [0.15, 0.2) is 0 Å². The second-order valence-corrected chi connectivity index (χ2v) is 6.93. The fourth-order valence-electron chi connectivity index (χ4n) is 3.42. The molecule has 0 radical (unpaired) electrons. The molecule has 2 heterocycles. The SMILES string of the molecule is C[C@H]1C[C@@H](C(=O)Nc2ccc(CC(=O)N3CCOCC3)cc2)CCN1. The molecule has 6 nitrogen and oxygen atoms in total. The number of piperidine rings is 1. The molecule has 2 aliphatic heterocycles. The van der Waals surface area contributed by atoms with Gasteiger partial charge in [0.1, 0.15) is 0 Å². The lowest BCUT2D eigenvalue weighted by Crippen LogP contribution is -2.41. The molecule has 0 bridgehead atoms. The molecule has 2 amide bonds. The monoisotopic (exact) mass is 345 g/mol. The van der Waals surface area contributed by atoms with E-state index >= 15 is 0 Å². The normalized spacial score (nSPS) is 24.0. The third-order valence-corrected chi connectivity index (χ3v) is 4.94. The summed E-state index contributed by atoms with van der Waals surface area (Å²) < 4.78 is 5.27. The number of rotatable bonds is 4. The highest BCUT2D eigenvalue weighted by Crippen LogP contribution is 2.19. The number of carbonyl (C=O) groups excluding carboxylic acids is 2. The lowest BCUT2D eigenvalue weighted by molar-refractivity contribution is -0.134. The lowest BCUT2D eigenvalue weighted by atomic mass is 9.92. The van der Waals surface area contributed by atoms with Crippen molar-refractivity contribution in [2.75, 3.05) is 38.2 Å². The summed E-state index contributed by atoms with van der Waals surface area (Å²) in [5.74, 6) is 0.285. The molecule has 2 saturated heterocycles. The van der Waals surface area contributed by atoms with Crippen LogP contribution in [0, 0.1) is 5.92 Å². The first-order valence-corrected chi connectivity index (χ1v) is 9.10. The number of nitrogens with one attached hydrogen (secondary N) is 2. The Morgan fingerprint density at radius 1 is 1.24 bits per heavy atom. The van der Waals surface area contributed by atoms with Crippen LogP contribution in [0.1, 0.15) is 25.3 Å². The molecular weight excluding hydrogens is 318 g/mol. The first-order valence-electron chi connectivity index (χ1n) is 9.10. The highest BCUT2D eigenvalue weighted by atomic mass is 16.5. The van der Waals surface area contributed by atoms with Crippen LogP contribution < -0.4 is 10.6 Å². The van der Waals surface area contributed by atoms with Crippen LogP contribution in [0.5, 0.6) is 0 Å². The molecule has 0 unspecified atom stereocenters. The average molecular weight is 345 g/mol.